The molecule has 0 N–H and O–H groups in total. The van der Waals surface area contributed by atoms with E-state index in [1.54, 1.807) is 50.6 Å². The molecule has 1 aromatic heterocycles. The highest BCUT2D eigenvalue weighted by molar-refractivity contribution is 5.92. The summed E-state index contributed by atoms with van der Waals surface area (Å²) in [6, 6.07) is 10.9. The third kappa shape index (κ3) is 3.51. The first-order chi connectivity index (χ1) is 10.2. The number of carbonyl (C=O) groups is 1. The SMILES string of the molecule is COc1ccc(CN(C)C(=O)c2ccccn2)cc1OC. The molecule has 1 aromatic carbocycles. The highest BCUT2D eigenvalue weighted by atomic mass is 16.5. The van der Waals surface area contributed by atoms with Crippen LogP contribution in [0, 0.1) is 0 Å². The van der Waals surface area contributed by atoms with Crippen molar-refractivity contribution in [3.8, 4) is 11.5 Å². The van der Waals surface area contributed by atoms with Crippen LogP contribution in [-0.4, -0.2) is 37.1 Å². The molecule has 0 radical (unpaired) electrons. The number of hydrogen-bond donors (Lipinski definition) is 0. The molecule has 2 rings (SSSR count). The van der Waals surface area contributed by atoms with Crippen LogP contribution in [0.25, 0.3) is 0 Å². The van der Waals surface area contributed by atoms with E-state index in [2.05, 4.69) is 4.98 Å². The van der Waals surface area contributed by atoms with Crippen molar-refractivity contribution in [3.63, 3.8) is 0 Å². The van der Waals surface area contributed by atoms with Crippen LogP contribution < -0.4 is 9.47 Å². The van der Waals surface area contributed by atoms with Gasteiger partial charge in [-0.1, -0.05) is 12.1 Å². The summed E-state index contributed by atoms with van der Waals surface area (Å²) in [6.07, 6.45) is 1.61. The Morgan fingerprint density at radius 1 is 1.14 bits per heavy atom. The molecule has 0 bridgehead atoms. The predicted octanol–water partition coefficient (Wildman–Crippen LogP) is 2.37. The Bertz CT molecular complexity index is 614. The van der Waals surface area contributed by atoms with Gasteiger partial charge in [0.25, 0.3) is 5.91 Å². The van der Waals surface area contributed by atoms with Gasteiger partial charge in [0.2, 0.25) is 0 Å². The predicted molar refractivity (Wildman–Crippen MR) is 79.6 cm³/mol. The van der Waals surface area contributed by atoms with Gasteiger partial charge in [-0.2, -0.15) is 0 Å². The Morgan fingerprint density at radius 2 is 1.90 bits per heavy atom. The number of amides is 1. The summed E-state index contributed by atoms with van der Waals surface area (Å²) in [4.78, 5) is 17.9. The molecule has 2 aromatic rings. The van der Waals surface area contributed by atoms with Gasteiger partial charge in [0.1, 0.15) is 5.69 Å². The number of aromatic nitrogens is 1. The molecule has 0 unspecified atom stereocenters. The normalized spacial score (nSPS) is 10.0. The number of benzene rings is 1. The first-order valence-corrected chi connectivity index (χ1v) is 6.53. The molecule has 0 aliphatic carbocycles. The maximum absolute atomic E-state index is 12.2. The molecule has 21 heavy (non-hydrogen) atoms. The molecule has 0 saturated carbocycles. The first kappa shape index (κ1) is 14.8. The molecule has 0 fully saturated rings. The molecule has 0 aliphatic rings. The van der Waals surface area contributed by atoms with Gasteiger partial charge in [0.15, 0.2) is 11.5 Å². The van der Waals surface area contributed by atoms with E-state index >= 15 is 0 Å². The Kier molecular flexibility index (Phi) is 4.77. The molecular weight excluding hydrogens is 268 g/mol. The van der Waals surface area contributed by atoms with Crippen molar-refractivity contribution in [1.29, 1.82) is 0 Å². The average Bonchev–Trinajstić information content (AvgIpc) is 2.54. The largest absolute Gasteiger partial charge is 0.493 e. The maximum Gasteiger partial charge on any atom is 0.272 e. The molecule has 0 atom stereocenters. The number of ether oxygens (including phenoxy) is 2. The third-order valence-electron chi connectivity index (χ3n) is 3.10. The van der Waals surface area contributed by atoms with Crippen LogP contribution in [0.4, 0.5) is 0 Å². The molecule has 1 amide bonds. The van der Waals surface area contributed by atoms with Crippen molar-refractivity contribution >= 4 is 5.91 Å². The monoisotopic (exact) mass is 286 g/mol. The second kappa shape index (κ2) is 6.74. The summed E-state index contributed by atoms with van der Waals surface area (Å²) in [6.45, 7) is 0.468. The van der Waals surface area contributed by atoms with E-state index < -0.39 is 0 Å². The van der Waals surface area contributed by atoms with E-state index in [9.17, 15) is 4.79 Å². The Hall–Kier alpha value is -2.56. The van der Waals surface area contributed by atoms with Crippen LogP contribution in [0.2, 0.25) is 0 Å². The summed E-state index contributed by atoms with van der Waals surface area (Å²) in [5, 5.41) is 0. The fraction of sp³-hybridized carbons (Fsp3) is 0.250. The van der Waals surface area contributed by atoms with Gasteiger partial charge in [-0.05, 0) is 29.8 Å². The number of nitrogens with zero attached hydrogens (tertiary/aromatic N) is 2. The van der Waals surface area contributed by atoms with Crippen LogP contribution in [-0.2, 0) is 6.54 Å². The summed E-state index contributed by atoms with van der Waals surface area (Å²) < 4.78 is 10.5. The summed E-state index contributed by atoms with van der Waals surface area (Å²) in [5.41, 5.74) is 1.39. The van der Waals surface area contributed by atoms with Crippen molar-refractivity contribution in [3.05, 3.63) is 53.9 Å². The van der Waals surface area contributed by atoms with Gasteiger partial charge in [-0.25, -0.2) is 0 Å². The first-order valence-electron chi connectivity index (χ1n) is 6.53. The Labute approximate surface area is 124 Å². The van der Waals surface area contributed by atoms with E-state index in [0.29, 0.717) is 23.7 Å². The number of carbonyl (C=O) groups excluding carboxylic acids is 1. The van der Waals surface area contributed by atoms with E-state index in [4.69, 9.17) is 9.47 Å². The van der Waals surface area contributed by atoms with Crippen molar-refractivity contribution in [1.82, 2.24) is 9.88 Å². The van der Waals surface area contributed by atoms with Crippen LogP contribution in [0.5, 0.6) is 11.5 Å². The van der Waals surface area contributed by atoms with Crippen molar-refractivity contribution in [2.75, 3.05) is 21.3 Å². The number of methoxy groups -OCH3 is 2. The van der Waals surface area contributed by atoms with Crippen molar-refractivity contribution in [2.45, 2.75) is 6.54 Å². The zero-order valence-corrected chi connectivity index (χ0v) is 12.4. The molecule has 0 spiro atoms. The quantitative estimate of drug-likeness (QED) is 0.846. The molecule has 5 nitrogen and oxygen atoms in total. The second-order valence-electron chi connectivity index (χ2n) is 4.57. The van der Waals surface area contributed by atoms with E-state index in [1.165, 1.54) is 0 Å². The van der Waals surface area contributed by atoms with Crippen LogP contribution in [0.15, 0.2) is 42.6 Å². The minimum Gasteiger partial charge on any atom is -0.493 e. The van der Waals surface area contributed by atoms with Crippen LogP contribution >= 0.6 is 0 Å². The highest BCUT2D eigenvalue weighted by Crippen LogP contribution is 2.28. The van der Waals surface area contributed by atoms with Crippen LogP contribution in [0.1, 0.15) is 16.1 Å². The molecular formula is C16H18N2O3. The summed E-state index contributed by atoms with van der Waals surface area (Å²) in [7, 11) is 4.92. The fourth-order valence-electron chi connectivity index (χ4n) is 2.01. The minimum absolute atomic E-state index is 0.120. The van der Waals surface area contributed by atoms with Crippen LogP contribution in [0.3, 0.4) is 0 Å². The van der Waals surface area contributed by atoms with Gasteiger partial charge in [-0.3, -0.25) is 9.78 Å². The van der Waals surface area contributed by atoms with Gasteiger partial charge >= 0.3 is 0 Å². The van der Waals surface area contributed by atoms with E-state index in [0.717, 1.165) is 5.56 Å². The fourth-order valence-corrected chi connectivity index (χ4v) is 2.01. The average molecular weight is 286 g/mol. The second-order valence-corrected chi connectivity index (χ2v) is 4.57. The topological polar surface area (TPSA) is 51.7 Å². The number of hydrogen-bond acceptors (Lipinski definition) is 4. The third-order valence-corrected chi connectivity index (χ3v) is 3.10. The Morgan fingerprint density at radius 3 is 2.52 bits per heavy atom. The standard InChI is InChI=1S/C16H18N2O3/c1-18(16(19)13-6-4-5-9-17-13)11-12-7-8-14(20-2)15(10-12)21-3/h4-10H,11H2,1-3H3. The zero-order chi connectivity index (χ0) is 15.2. The smallest absolute Gasteiger partial charge is 0.272 e. The highest BCUT2D eigenvalue weighted by Gasteiger charge is 2.14. The molecule has 1 heterocycles. The molecule has 0 aliphatic heterocycles. The number of rotatable bonds is 5. The summed E-state index contributed by atoms with van der Waals surface area (Å²) >= 11 is 0. The molecule has 110 valence electrons. The zero-order valence-electron chi connectivity index (χ0n) is 12.4. The maximum atomic E-state index is 12.2. The van der Waals surface area contributed by atoms with Gasteiger partial charge < -0.3 is 14.4 Å². The molecule has 5 heteroatoms. The number of pyridine rings is 1. The van der Waals surface area contributed by atoms with E-state index in [-0.39, 0.29) is 5.91 Å². The lowest BCUT2D eigenvalue weighted by molar-refractivity contribution is 0.0779. The van der Waals surface area contributed by atoms with Crippen molar-refractivity contribution < 1.29 is 14.3 Å². The lowest BCUT2D eigenvalue weighted by atomic mass is 10.2. The van der Waals surface area contributed by atoms with Gasteiger partial charge in [0, 0.05) is 19.8 Å². The van der Waals surface area contributed by atoms with E-state index in [1.807, 2.05) is 18.2 Å². The lowest BCUT2D eigenvalue weighted by Gasteiger charge is -2.17. The van der Waals surface area contributed by atoms with Crippen molar-refractivity contribution in [2.24, 2.45) is 0 Å². The molecule has 0 saturated heterocycles. The van der Waals surface area contributed by atoms with Gasteiger partial charge in [0.05, 0.1) is 14.2 Å². The Balaban J connectivity index is 2.12. The lowest BCUT2D eigenvalue weighted by Crippen LogP contribution is -2.26. The summed E-state index contributed by atoms with van der Waals surface area (Å²) in [5.74, 6) is 1.19. The van der Waals surface area contributed by atoms with Gasteiger partial charge in [-0.15, -0.1) is 0 Å². The minimum atomic E-state index is -0.120.